The molecule has 0 aliphatic rings. The number of unbranched alkanes of at least 4 members (excludes halogenated alkanes) is 22. The maximum Gasteiger partial charge on any atom is 0.472 e. The first-order valence-electron chi connectivity index (χ1n) is 26.6. The normalized spacial score (nSPS) is 13.8. The number of phosphoric ester groups is 1. The van der Waals surface area contributed by atoms with Gasteiger partial charge in [-0.05, 0) is 70.6 Å². The molecule has 10 heteroatoms. The Labute approximate surface area is 404 Å². The molecule has 2 unspecified atom stereocenters. The summed E-state index contributed by atoms with van der Waals surface area (Å²) >= 11 is 0. The highest BCUT2D eigenvalue weighted by atomic mass is 31.2. The van der Waals surface area contributed by atoms with Crippen molar-refractivity contribution in [1.29, 1.82) is 0 Å². The molecule has 66 heavy (non-hydrogen) atoms. The summed E-state index contributed by atoms with van der Waals surface area (Å²) in [5, 5.41) is 0. The molecule has 3 N–H and O–H groups in total. The van der Waals surface area contributed by atoms with Crippen molar-refractivity contribution in [3.05, 3.63) is 85.1 Å². The fourth-order valence-corrected chi connectivity index (χ4v) is 7.91. The van der Waals surface area contributed by atoms with Gasteiger partial charge in [-0.1, -0.05) is 227 Å². The zero-order valence-electron chi connectivity index (χ0n) is 42.2. The van der Waals surface area contributed by atoms with Crippen LogP contribution < -0.4 is 5.73 Å². The molecule has 0 fully saturated rings. The van der Waals surface area contributed by atoms with Gasteiger partial charge in [-0.3, -0.25) is 18.6 Å². The van der Waals surface area contributed by atoms with Crippen LogP contribution in [-0.4, -0.2) is 49.3 Å². The van der Waals surface area contributed by atoms with Crippen molar-refractivity contribution in [1.82, 2.24) is 0 Å². The van der Waals surface area contributed by atoms with Crippen molar-refractivity contribution < 1.29 is 37.6 Å². The highest BCUT2D eigenvalue weighted by molar-refractivity contribution is 7.47. The minimum atomic E-state index is -4.38. The van der Waals surface area contributed by atoms with Crippen LogP contribution in [0.5, 0.6) is 0 Å². The predicted octanol–water partition coefficient (Wildman–Crippen LogP) is 16.3. The lowest BCUT2D eigenvalue weighted by atomic mass is 10.0. The summed E-state index contributed by atoms with van der Waals surface area (Å²) < 4.78 is 32.8. The van der Waals surface area contributed by atoms with Crippen molar-refractivity contribution in [3.8, 4) is 0 Å². The van der Waals surface area contributed by atoms with Gasteiger partial charge in [0.15, 0.2) is 6.10 Å². The second-order valence-electron chi connectivity index (χ2n) is 17.4. The number of phosphoric acid groups is 1. The van der Waals surface area contributed by atoms with Gasteiger partial charge in [-0.25, -0.2) is 4.57 Å². The number of rotatable bonds is 49. The van der Waals surface area contributed by atoms with E-state index in [9.17, 15) is 19.0 Å². The fraction of sp³-hybridized carbons (Fsp3) is 0.714. The summed E-state index contributed by atoms with van der Waals surface area (Å²) in [5.41, 5.74) is 5.35. The lowest BCUT2D eigenvalue weighted by molar-refractivity contribution is -0.161. The van der Waals surface area contributed by atoms with Crippen LogP contribution >= 0.6 is 7.82 Å². The molecule has 0 aliphatic carbocycles. The van der Waals surface area contributed by atoms with Crippen LogP contribution in [0.3, 0.4) is 0 Å². The topological polar surface area (TPSA) is 134 Å². The standard InChI is InChI=1S/C56H98NO8P/c1-3-5-7-9-11-13-14-15-16-17-18-19-20-21-22-23-24-25-26-27-28-29-30-31-32-33-34-35-36-37-38-39-40-41-43-45-47-49-56(59)65-54(53-64-66(60,61)63-51-50-57)52-62-55(58)48-46-44-42-12-10-8-6-4-2/h5,7,11,13,15-16,18-19,21-22,24-25,27-28,54H,3-4,6,8-10,12,14,17,20,23,26,29-53,57H2,1-2H3,(H,60,61)/b7-5-,13-11-,16-15-,19-18-,22-21-,25-24-,28-27-. The van der Waals surface area contributed by atoms with Crippen LogP contribution in [0.25, 0.3) is 0 Å². The zero-order valence-corrected chi connectivity index (χ0v) is 43.0. The molecular formula is C56H98NO8P. The van der Waals surface area contributed by atoms with Gasteiger partial charge in [0.2, 0.25) is 0 Å². The third kappa shape index (κ3) is 50.6. The van der Waals surface area contributed by atoms with Crippen molar-refractivity contribution in [3.63, 3.8) is 0 Å². The number of nitrogens with two attached hydrogens (primary N) is 1. The number of hydrogen-bond acceptors (Lipinski definition) is 8. The van der Waals surface area contributed by atoms with Crippen molar-refractivity contribution in [2.24, 2.45) is 5.73 Å². The molecule has 9 nitrogen and oxygen atoms in total. The molecule has 0 bridgehead atoms. The Kier molecular flexibility index (Phi) is 49.4. The first-order chi connectivity index (χ1) is 32.3. The molecule has 0 saturated heterocycles. The Morgan fingerprint density at radius 1 is 0.470 bits per heavy atom. The Hall–Kier alpha value is -2.81. The van der Waals surface area contributed by atoms with Gasteiger partial charge in [0.1, 0.15) is 6.61 Å². The predicted molar refractivity (Wildman–Crippen MR) is 279 cm³/mol. The van der Waals surface area contributed by atoms with E-state index in [2.05, 4.69) is 98.9 Å². The Morgan fingerprint density at radius 2 is 0.833 bits per heavy atom. The molecular weight excluding hydrogens is 846 g/mol. The second-order valence-corrected chi connectivity index (χ2v) is 18.8. The first-order valence-corrected chi connectivity index (χ1v) is 28.1. The number of allylic oxidation sites excluding steroid dienone is 14. The van der Waals surface area contributed by atoms with Gasteiger partial charge in [-0.2, -0.15) is 0 Å². The zero-order chi connectivity index (χ0) is 48.1. The largest absolute Gasteiger partial charge is 0.472 e. The van der Waals surface area contributed by atoms with Crippen molar-refractivity contribution >= 4 is 19.8 Å². The van der Waals surface area contributed by atoms with Crippen molar-refractivity contribution in [2.45, 2.75) is 232 Å². The number of hydrogen-bond donors (Lipinski definition) is 2. The molecule has 0 radical (unpaired) electrons. The lowest BCUT2D eigenvalue weighted by Crippen LogP contribution is -2.29. The molecule has 0 aliphatic heterocycles. The van der Waals surface area contributed by atoms with E-state index >= 15 is 0 Å². The van der Waals surface area contributed by atoms with Crippen LogP contribution in [0.1, 0.15) is 226 Å². The second kappa shape index (κ2) is 51.6. The van der Waals surface area contributed by atoms with Gasteiger partial charge in [-0.15, -0.1) is 0 Å². The first kappa shape index (κ1) is 63.2. The number of esters is 2. The van der Waals surface area contributed by atoms with Gasteiger partial charge < -0.3 is 20.1 Å². The highest BCUT2D eigenvalue weighted by Gasteiger charge is 2.26. The quantitative estimate of drug-likeness (QED) is 0.0265. The molecule has 0 aromatic rings. The maximum atomic E-state index is 12.6. The van der Waals surface area contributed by atoms with Crippen LogP contribution in [0.4, 0.5) is 0 Å². The van der Waals surface area contributed by atoms with E-state index in [1.54, 1.807) is 0 Å². The van der Waals surface area contributed by atoms with Gasteiger partial charge in [0, 0.05) is 19.4 Å². The molecule has 380 valence electrons. The van der Waals surface area contributed by atoms with Crippen LogP contribution in [0, 0.1) is 0 Å². The summed E-state index contributed by atoms with van der Waals surface area (Å²) in [6.45, 7) is 3.59. The van der Waals surface area contributed by atoms with Crippen molar-refractivity contribution in [2.75, 3.05) is 26.4 Å². The van der Waals surface area contributed by atoms with E-state index < -0.39 is 26.5 Å². The average Bonchev–Trinajstić information content (AvgIpc) is 3.31. The smallest absolute Gasteiger partial charge is 0.462 e. The molecule has 0 rings (SSSR count). The molecule has 0 saturated carbocycles. The maximum absolute atomic E-state index is 12.6. The van der Waals surface area contributed by atoms with E-state index in [0.29, 0.717) is 6.42 Å². The third-order valence-corrected chi connectivity index (χ3v) is 12.0. The van der Waals surface area contributed by atoms with E-state index in [1.165, 1.54) is 109 Å². The monoisotopic (exact) mass is 944 g/mol. The highest BCUT2D eigenvalue weighted by Crippen LogP contribution is 2.43. The van der Waals surface area contributed by atoms with Crippen LogP contribution in [-0.2, 0) is 32.7 Å². The summed E-state index contributed by atoms with van der Waals surface area (Å²) in [4.78, 5) is 34.8. The van der Waals surface area contributed by atoms with E-state index in [0.717, 1.165) is 83.5 Å². The summed E-state index contributed by atoms with van der Waals surface area (Å²) in [6.07, 6.45) is 66.7. The summed E-state index contributed by atoms with van der Waals surface area (Å²) in [7, 11) is -4.38. The van der Waals surface area contributed by atoms with Gasteiger partial charge >= 0.3 is 19.8 Å². The average molecular weight is 944 g/mol. The molecule has 0 spiro atoms. The van der Waals surface area contributed by atoms with Crippen LogP contribution in [0.15, 0.2) is 85.1 Å². The third-order valence-electron chi connectivity index (χ3n) is 11.0. The number of carbonyl (C=O) groups is 2. The Balaban J connectivity index is 3.82. The number of carbonyl (C=O) groups excluding carboxylic acids is 2. The Morgan fingerprint density at radius 3 is 1.24 bits per heavy atom. The molecule has 2 atom stereocenters. The minimum absolute atomic E-state index is 0.0523. The summed E-state index contributed by atoms with van der Waals surface area (Å²) in [5.74, 6) is -0.832. The van der Waals surface area contributed by atoms with E-state index in [4.69, 9.17) is 24.3 Å². The van der Waals surface area contributed by atoms with Crippen LogP contribution in [0.2, 0.25) is 0 Å². The molecule has 0 heterocycles. The molecule has 0 aromatic carbocycles. The molecule has 0 amide bonds. The Bertz CT molecular complexity index is 1350. The number of ether oxygens (including phenoxy) is 2. The van der Waals surface area contributed by atoms with E-state index in [1.807, 2.05) is 0 Å². The van der Waals surface area contributed by atoms with Gasteiger partial charge in [0.05, 0.1) is 13.2 Å². The van der Waals surface area contributed by atoms with Gasteiger partial charge in [0.25, 0.3) is 0 Å². The minimum Gasteiger partial charge on any atom is -0.462 e. The summed E-state index contributed by atoms with van der Waals surface area (Å²) in [6, 6.07) is 0. The van der Waals surface area contributed by atoms with E-state index in [-0.39, 0.29) is 38.6 Å². The SMILES string of the molecule is CC/C=C\C/C=C\C/C=C\C/C=C\C/C=C\C/C=C\C/C=C\CCCCCCCCCCCCCCCCCC(=O)OC(COC(=O)CCCCCCCCCC)COP(=O)(O)OCCN. The lowest BCUT2D eigenvalue weighted by Gasteiger charge is -2.19. The molecule has 0 aromatic heterocycles. The fourth-order valence-electron chi connectivity index (χ4n) is 7.15.